The van der Waals surface area contributed by atoms with Gasteiger partial charge in [0, 0.05) is 32.9 Å². The maximum atomic E-state index is 12.8. The Hall–Kier alpha value is -1.73. The molecule has 0 aliphatic rings. The van der Waals surface area contributed by atoms with E-state index in [1.54, 1.807) is 14.2 Å². The Balaban J connectivity index is 2.40. The number of halogens is 1. The van der Waals surface area contributed by atoms with Crippen molar-refractivity contribution in [3.8, 4) is 0 Å². The van der Waals surface area contributed by atoms with Crippen molar-refractivity contribution in [2.45, 2.75) is 6.42 Å². The standard InChI is InChI=1S/C13H18FN3O2S/c1-17(13(20)15-8-3-9-19-2)16-12(18)10-4-6-11(14)7-5-10/h4-7H,3,8-9H2,1-2H3,(H,15,20)(H,16,18). The number of ether oxygens (including phenoxy) is 1. The van der Waals surface area contributed by atoms with Gasteiger partial charge in [0.15, 0.2) is 5.11 Å². The molecule has 1 aromatic carbocycles. The highest BCUT2D eigenvalue weighted by Gasteiger charge is 2.10. The SMILES string of the molecule is COCCCNC(=S)N(C)NC(=O)c1ccc(F)cc1. The van der Waals surface area contributed by atoms with E-state index < -0.39 is 0 Å². The molecule has 2 N–H and O–H groups in total. The average Bonchev–Trinajstić information content (AvgIpc) is 2.44. The van der Waals surface area contributed by atoms with Gasteiger partial charge in [0.05, 0.1) is 0 Å². The van der Waals surface area contributed by atoms with Crippen LogP contribution >= 0.6 is 12.2 Å². The molecule has 0 fully saturated rings. The molecule has 20 heavy (non-hydrogen) atoms. The number of hydrogen-bond donors (Lipinski definition) is 2. The summed E-state index contributed by atoms with van der Waals surface area (Å²) >= 11 is 5.11. The van der Waals surface area contributed by atoms with E-state index >= 15 is 0 Å². The summed E-state index contributed by atoms with van der Waals surface area (Å²) in [4.78, 5) is 11.9. The van der Waals surface area contributed by atoms with Gasteiger partial charge in [-0.15, -0.1) is 0 Å². The first-order valence-electron chi connectivity index (χ1n) is 6.11. The second-order valence-corrected chi connectivity index (χ2v) is 4.47. The van der Waals surface area contributed by atoms with E-state index in [9.17, 15) is 9.18 Å². The predicted molar refractivity (Wildman–Crippen MR) is 78.7 cm³/mol. The second kappa shape index (κ2) is 8.44. The van der Waals surface area contributed by atoms with Crippen molar-refractivity contribution in [3.05, 3.63) is 35.6 Å². The average molecular weight is 299 g/mol. The van der Waals surface area contributed by atoms with Crippen LogP contribution in [0.4, 0.5) is 4.39 Å². The molecule has 0 atom stereocenters. The number of thiocarbonyl (C=S) groups is 1. The van der Waals surface area contributed by atoms with Gasteiger partial charge in [-0.25, -0.2) is 4.39 Å². The highest BCUT2D eigenvalue weighted by molar-refractivity contribution is 7.80. The number of amides is 1. The molecule has 1 rings (SSSR count). The lowest BCUT2D eigenvalue weighted by Gasteiger charge is -2.21. The zero-order chi connectivity index (χ0) is 15.0. The number of benzene rings is 1. The molecule has 0 heterocycles. The van der Waals surface area contributed by atoms with Crippen molar-refractivity contribution in [3.63, 3.8) is 0 Å². The number of hydrogen-bond acceptors (Lipinski definition) is 3. The number of carbonyl (C=O) groups is 1. The van der Waals surface area contributed by atoms with Gasteiger partial charge in [-0.05, 0) is 42.9 Å². The third-order valence-electron chi connectivity index (χ3n) is 2.48. The Morgan fingerprint density at radius 2 is 2.05 bits per heavy atom. The van der Waals surface area contributed by atoms with Crippen LogP contribution in [0.1, 0.15) is 16.8 Å². The molecule has 0 spiro atoms. The summed E-state index contributed by atoms with van der Waals surface area (Å²) < 4.78 is 17.7. The van der Waals surface area contributed by atoms with Gasteiger partial charge < -0.3 is 10.1 Å². The smallest absolute Gasteiger partial charge is 0.269 e. The van der Waals surface area contributed by atoms with Crippen LogP contribution in [0.2, 0.25) is 0 Å². The highest BCUT2D eigenvalue weighted by Crippen LogP contribution is 2.02. The molecule has 0 radical (unpaired) electrons. The zero-order valence-electron chi connectivity index (χ0n) is 11.5. The Morgan fingerprint density at radius 3 is 2.65 bits per heavy atom. The van der Waals surface area contributed by atoms with E-state index in [4.69, 9.17) is 17.0 Å². The molecule has 7 heteroatoms. The van der Waals surface area contributed by atoms with Crippen molar-refractivity contribution in [2.24, 2.45) is 0 Å². The second-order valence-electron chi connectivity index (χ2n) is 4.09. The van der Waals surface area contributed by atoms with E-state index in [0.717, 1.165) is 6.42 Å². The van der Waals surface area contributed by atoms with Crippen LogP contribution in [0, 0.1) is 5.82 Å². The number of carbonyl (C=O) groups excluding carboxylic acids is 1. The Bertz CT molecular complexity index is 453. The van der Waals surface area contributed by atoms with Gasteiger partial charge in [-0.3, -0.25) is 15.2 Å². The van der Waals surface area contributed by atoms with Crippen LogP contribution in [0.5, 0.6) is 0 Å². The van der Waals surface area contributed by atoms with Gasteiger partial charge in [0.25, 0.3) is 5.91 Å². The molecule has 0 bridgehead atoms. The summed E-state index contributed by atoms with van der Waals surface area (Å²) in [6.07, 6.45) is 0.816. The summed E-state index contributed by atoms with van der Waals surface area (Å²) in [7, 11) is 3.26. The highest BCUT2D eigenvalue weighted by atomic mass is 32.1. The molecule has 0 aliphatic heterocycles. The molecule has 0 saturated heterocycles. The van der Waals surface area contributed by atoms with Crippen LogP contribution < -0.4 is 10.7 Å². The van der Waals surface area contributed by atoms with E-state index in [2.05, 4.69) is 10.7 Å². The van der Waals surface area contributed by atoms with Crippen LogP contribution in [0.3, 0.4) is 0 Å². The molecule has 0 unspecified atom stereocenters. The molecular weight excluding hydrogens is 281 g/mol. The van der Waals surface area contributed by atoms with Crippen molar-refractivity contribution in [1.29, 1.82) is 0 Å². The third-order valence-corrected chi connectivity index (χ3v) is 2.90. The number of nitrogens with zero attached hydrogens (tertiary/aromatic N) is 1. The first-order chi connectivity index (χ1) is 9.54. The number of methoxy groups -OCH3 is 1. The fraction of sp³-hybridized carbons (Fsp3) is 0.385. The minimum atomic E-state index is -0.384. The lowest BCUT2D eigenvalue weighted by Crippen LogP contribution is -2.48. The lowest BCUT2D eigenvalue weighted by atomic mass is 10.2. The topological polar surface area (TPSA) is 53.6 Å². The van der Waals surface area contributed by atoms with Crippen molar-refractivity contribution in [2.75, 3.05) is 27.3 Å². The van der Waals surface area contributed by atoms with Crippen molar-refractivity contribution < 1.29 is 13.9 Å². The fourth-order valence-corrected chi connectivity index (χ4v) is 1.55. The third kappa shape index (κ3) is 5.50. The first kappa shape index (κ1) is 16.3. The van der Waals surface area contributed by atoms with Crippen LogP contribution in [-0.4, -0.2) is 43.3 Å². The monoisotopic (exact) mass is 299 g/mol. The maximum Gasteiger partial charge on any atom is 0.269 e. The van der Waals surface area contributed by atoms with E-state index in [-0.39, 0.29) is 11.7 Å². The molecule has 1 amide bonds. The molecule has 0 aromatic heterocycles. The summed E-state index contributed by atoms with van der Waals surface area (Å²) in [5.74, 6) is -0.737. The van der Waals surface area contributed by atoms with E-state index in [0.29, 0.717) is 23.8 Å². The fourth-order valence-electron chi connectivity index (χ4n) is 1.40. The van der Waals surface area contributed by atoms with Gasteiger partial charge in [0.1, 0.15) is 5.82 Å². The number of hydrazine groups is 1. The van der Waals surface area contributed by atoms with E-state index in [1.807, 2.05) is 0 Å². The van der Waals surface area contributed by atoms with Gasteiger partial charge >= 0.3 is 0 Å². The maximum absolute atomic E-state index is 12.8. The summed E-state index contributed by atoms with van der Waals surface area (Å²) in [5, 5.41) is 4.80. The van der Waals surface area contributed by atoms with Crippen LogP contribution in [0.25, 0.3) is 0 Å². The predicted octanol–water partition coefficient (Wildman–Crippen LogP) is 1.31. The van der Waals surface area contributed by atoms with Crippen LogP contribution in [0.15, 0.2) is 24.3 Å². The molecule has 0 saturated carbocycles. The Morgan fingerprint density at radius 1 is 1.40 bits per heavy atom. The molecular formula is C13H18FN3O2S. The minimum Gasteiger partial charge on any atom is -0.385 e. The molecule has 110 valence electrons. The van der Waals surface area contributed by atoms with Gasteiger partial charge in [0.2, 0.25) is 0 Å². The minimum absolute atomic E-state index is 0.353. The number of nitrogens with one attached hydrogen (secondary N) is 2. The lowest BCUT2D eigenvalue weighted by molar-refractivity contribution is 0.0886. The zero-order valence-corrected chi connectivity index (χ0v) is 12.3. The van der Waals surface area contributed by atoms with Crippen molar-refractivity contribution in [1.82, 2.24) is 15.8 Å². The van der Waals surface area contributed by atoms with Crippen LogP contribution in [-0.2, 0) is 4.74 Å². The quantitative estimate of drug-likeness (QED) is 0.488. The van der Waals surface area contributed by atoms with Crippen molar-refractivity contribution >= 4 is 23.2 Å². The molecule has 1 aromatic rings. The van der Waals surface area contributed by atoms with Gasteiger partial charge in [-0.2, -0.15) is 0 Å². The Labute approximate surface area is 123 Å². The summed E-state index contributed by atoms with van der Waals surface area (Å²) in [6.45, 7) is 1.30. The molecule has 0 aliphatic carbocycles. The molecule has 5 nitrogen and oxygen atoms in total. The normalized spacial score (nSPS) is 9.95. The first-order valence-corrected chi connectivity index (χ1v) is 6.52. The summed E-state index contributed by atoms with van der Waals surface area (Å²) in [6, 6.07) is 5.29. The summed E-state index contributed by atoms with van der Waals surface area (Å²) in [5.41, 5.74) is 2.95. The van der Waals surface area contributed by atoms with Gasteiger partial charge in [-0.1, -0.05) is 0 Å². The van der Waals surface area contributed by atoms with E-state index in [1.165, 1.54) is 29.3 Å². The number of rotatable bonds is 5. The largest absolute Gasteiger partial charge is 0.385 e. The Kier molecular flexibility index (Phi) is 6.89.